The molecule has 0 N–H and O–H groups in total. The van der Waals surface area contributed by atoms with Gasteiger partial charge in [-0.2, -0.15) is 5.10 Å². The van der Waals surface area contributed by atoms with Gasteiger partial charge >= 0.3 is 0 Å². The Labute approximate surface area is 167 Å². The molecule has 0 radical (unpaired) electrons. The van der Waals surface area contributed by atoms with E-state index in [4.69, 9.17) is 16.1 Å². The molecule has 0 amide bonds. The Balaban J connectivity index is 1.63. The highest BCUT2D eigenvalue weighted by Gasteiger charge is 2.14. The van der Waals surface area contributed by atoms with Crippen molar-refractivity contribution in [2.24, 2.45) is 0 Å². The average Bonchev–Trinajstić information content (AvgIpc) is 3.36. The number of halogens is 1. The second-order valence-electron chi connectivity index (χ2n) is 6.71. The topological polar surface area (TPSA) is 43.9 Å². The first-order valence-corrected chi connectivity index (χ1v) is 9.34. The molecule has 0 aliphatic heterocycles. The number of fused-ring (bicyclic) bond motifs is 1. The van der Waals surface area contributed by atoms with Gasteiger partial charge in [-0.1, -0.05) is 40.5 Å². The summed E-state index contributed by atoms with van der Waals surface area (Å²) in [6.45, 7) is 2.08. The van der Waals surface area contributed by atoms with Crippen molar-refractivity contribution in [3.63, 3.8) is 0 Å². The van der Waals surface area contributed by atoms with Crippen LogP contribution in [-0.2, 0) is 0 Å². The van der Waals surface area contributed by atoms with Gasteiger partial charge in [0.05, 0.1) is 23.0 Å². The monoisotopic (exact) mass is 385 g/mol. The van der Waals surface area contributed by atoms with Gasteiger partial charge in [0.2, 0.25) is 0 Å². The van der Waals surface area contributed by atoms with Crippen LogP contribution in [0, 0.1) is 6.92 Å². The Bertz CT molecular complexity index is 1270. The Hall–Kier alpha value is -3.37. The zero-order valence-electron chi connectivity index (χ0n) is 15.1. The Kier molecular flexibility index (Phi) is 3.99. The highest BCUT2D eigenvalue weighted by Crippen LogP contribution is 2.33. The first-order valence-electron chi connectivity index (χ1n) is 8.96. The predicted octanol–water partition coefficient (Wildman–Crippen LogP) is 6.31. The molecule has 28 heavy (non-hydrogen) atoms. The number of hydrogen-bond donors (Lipinski definition) is 0. The van der Waals surface area contributed by atoms with E-state index in [2.05, 4.69) is 47.5 Å². The van der Waals surface area contributed by atoms with E-state index in [9.17, 15) is 0 Å². The lowest BCUT2D eigenvalue weighted by atomic mass is 10.0. The normalized spacial score (nSPS) is 11.2. The largest absolute Gasteiger partial charge is 0.355 e. The van der Waals surface area contributed by atoms with Gasteiger partial charge in [0.15, 0.2) is 5.76 Å². The first-order chi connectivity index (χ1) is 13.7. The SMILES string of the molecule is Cc1ccc(-n2nccc2-c2ccc3noc(-c4ccc(Cl)cc4)c3c2)cc1. The number of rotatable bonds is 3. The molecule has 0 aliphatic carbocycles. The van der Waals surface area contributed by atoms with Crippen molar-refractivity contribution < 1.29 is 4.52 Å². The summed E-state index contributed by atoms with van der Waals surface area (Å²) in [4.78, 5) is 0. The van der Waals surface area contributed by atoms with Crippen molar-refractivity contribution in [2.75, 3.05) is 0 Å². The second kappa shape index (κ2) is 6.66. The van der Waals surface area contributed by atoms with E-state index in [1.54, 1.807) is 0 Å². The smallest absolute Gasteiger partial charge is 0.174 e. The molecule has 0 saturated heterocycles. The molecule has 5 rings (SSSR count). The molecule has 0 atom stereocenters. The van der Waals surface area contributed by atoms with Crippen LogP contribution in [0.5, 0.6) is 0 Å². The van der Waals surface area contributed by atoms with Crippen LogP contribution >= 0.6 is 11.6 Å². The second-order valence-corrected chi connectivity index (χ2v) is 7.15. The molecule has 0 bridgehead atoms. The summed E-state index contributed by atoms with van der Waals surface area (Å²) >= 11 is 6.01. The van der Waals surface area contributed by atoms with E-state index in [-0.39, 0.29) is 0 Å². The van der Waals surface area contributed by atoms with Gasteiger partial charge in [-0.05, 0) is 61.5 Å². The fraction of sp³-hybridized carbons (Fsp3) is 0.0435. The van der Waals surface area contributed by atoms with Gasteiger partial charge in [-0.25, -0.2) is 4.68 Å². The Morgan fingerprint density at radius 2 is 1.61 bits per heavy atom. The molecule has 0 aliphatic rings. The van der Waals surface area contributed by atoms with Gasteiger partial charge < -0.3 is 4.52 Å². The molecule has 2 aromatic heterocycles. The van der Waals surface area contributed by atoms with E-state index in [0.717, 1.165) is 39.2 Å². The van der Waals surface area contributed by atoms with E-state index in [1.807, 2.05) is 53.3 Å². The summed E-state index contributed by atoms with van der Waals surface area (Å²) in [6, 6.07) is 24.0. The molecule has 0 fully saturated rings. The zero-order valence-corrected chi connectivity index (χ0v) is 15.9. The molecule has 0 spiro atoms. The third-order valence-corrected chi connectivity index (χ3v) is 5.05. The fourth-order valence-electron chi connectivity index (χ4n) is 3.32. The number of hydrogen-bond acceptors (Lipinski definition) is 3. The third kappa shape index (κ3) is 2.88. The van der Waals surface area contributed by atoms with Crippen molar-refractivity contribution in [3.8, 4) is 28.3 Å². The zero-order chi connectivity index (χ0) is 19.1. The number of aromatic nitrogens is 3. The Morgan fingerprint density at radius 1 is 0.857 bits per heavy atom. The molecule has 0 unspecified atom stereocenters. The summed E-state index contributed by atoms with van der Waals surface area (Å²) in [5, 5.41) is 10.4. The molecule has 5 heteroatoms. The van der Waals surface area contributed by atoms with Crippen LogP contribution in [0.25, 0.3) is 39.2 Å². The molecule has 2 heterocycles. The fourth-order valence-corrected chi connectivity index (χ4v) is 3.45. The number of benzene rings is 3. The van der Waals surface area contributed by atoms with E-state index < -0.39 is 0 Å². The minimum absolute atomic E-state index is 0.690. The summed E-state index contributed by atoms with van der Waals surface area (Å²) in [5.41, 5.74) is 6.05. The number of nitrogens with zero attached hydrogens (tertiary/aromatic N) is 3. The van der Waals surface area contributed by atoms with Gasteiger partial charge in [0.25, 0.3) is 0 Å². The lowest BCUT2D eigenvalue weighted by Gasteiger charge is -2.08. The van der Waals surface area contributed by atoms with E-state index in [0.29, 0.717) is 5.02 Å². The summed E-state index contributed by atoms with van der Waals surface area (Å²) in [5.74, 6) is 0.731. The summed E-state index contributed by atoms with van der Waals surface area (Å²) in [7, 11) is 0. The lowest BCUT2D eigenvalue weighted by Crippen LogP contribution is -1.98. The lowest BCUT2D eigenvalue weighted by molar-refractivity contribution is 0.441. The molecule has 5 aromatic rings. The standard InChI is InChI=1S/C23H16ClN3O/c1-15-2-9-19(10-3-15)27-22(12-13-25-27)17-6-11-21-20(14-17)23(28-26-21)16-4-7-18(24)8-5-16/h2-14H,1H3. The van der Waals surface area contributed by atoms with Crippen LogP contribution < -0.4 is 0 Å². The first kappa shape index (κ1) is 16.8. The minimum Gasteiger partial charge on any atom is -0.355 e. The third-order valence-electron chi connectivity index (χ3n) is 4.80. The maximum atomic E-state index is 6.01. The predicted molar refractivity (Wildman–Crippen MR) is 112 cm³/mol. The highest BCUT2D eigenvalue weighted by molar-refractivity contribution is 6.30. The van der Waals surface area contributed by atoms with Crippen LogP contribution in [-0.4, -0.2) is 14.9 Å². The van der Waals surface area contributed by atoms with Crippen molar-refractivity contribution in [1.29, 1.82) is 0 Å². The Morgan fingerprint density at radius 3 is 2.39 bits per heavy atom. The van der Waals surface area contributed by atoms with Crippen LogP contribution in [0.2, 0.25) is 5.02 Å². The maximum absolute atomic E-state index is 6.01. The quantitative estimate of drug-likeness (QED) is 0.365. The van der Waals surface area contributed by atoms with Gasteiger partial charge in [0.1, 0.15) is 5.52 Å². The van der Waals surface area contributed by atoms with Crippen molar-refractivity contribution in [3.05, 3.63) is 89.6 Å². The summed E-state index contributed by atoms with van der Waals surface area (Å²) < 4.78 is 7.57. The molecule has 4 nitrogen and oxygen atoms in total. The minimum atomic E-state index is 0.690. The molecule has 3 aromatic carbocycles. The number of aryl methyl sites for hydroxylation is 1. The molecular formula is C23H16ClN3O. The van der Waals surface area contributed by atoms with Crippen LogP contribution in [0.1, 0.15) is 5.56 Å². The average molecular weight is 386 g/mol. The van der Waals surface area contributed by atoms with Crippen molar-refractivity contribution >= 4 is 22.5 Å². The van der Waals surface area contributed by atoms with E-state index in [1.165, 1.54) is 5.56 Å². The van der Waals surface area contributed by atoms with Gasteiger partial charge in [0, 0.05) is 16.1 Å². The van der Waals surface area contributed by atoms with Gasteiger partial charge in [-0.3, -0.25) is 0 Å². The van der Waals surface area contributed by atoms with Crippen molar-refractivity contribution in [1.82, 2.24) is 14.9 Å². The maximum Gasteiger partial charge on any atom is 0.174 e. The van der Waals surface area contributed by atoms with Crippen LogP contribution in [0.15, 0.2) is 83.5 Å². The summed E-state index contributed by atoms with van der Waals surface area (Å²) in [6.07, 6.45) is 1.81. The molecular weight excluding hydrogens is 370 g/mol. The molecule has 136 valence electrons. The van der Waals surface area contributed by atoms with Crippen molar-refractivity contribution in [2.45, 2.75) is 6.92 Å². The highest BCUT2D eigenvalue weighted by atomic mass is 35.5. The molecule has 0 saturated carbocycles. The van der Waals surface area contributed by atoms with Crippen LogP contribution in [0.4, 0.5) is 0 Å². The van der Waals surface area contributed by atoms with E-state index >= 15 is 0 Å². The van der Waals surface area contributed by atoms with Crippen LogP contribution in [0.3, 0.4) is 0 Å². The van der Waals surface area contributed by atoms with Gasteiger partial charge in [-0.15, -0.1) is 0 Å².